The molecular formula is C22H16ClFN2O3S2. The van der Waals surface area contributed by atoms with Gasteiger partial charge in [-0.05, 0) is 53.8 Å². The maximum absolute atomic E-state index is 14.5. The summed E-state index contributed by atoms with van der Waals surface area (Å²) in [7, 11) is -4.13. The van der Waals surface area contributed by atoms with E-state index in [4.69, 9.17) is 11.6 Å². The number of carbonyl (C=O) groups excluding carboxylic acids is 1. The van der Waals surface area contributed by atoms with Gasteiger partial charge in [-0.25, -0.2) is 12.8 Å². The standard InChI is InChI=1S/C22H16ClFN2O3S2/c1-13-2-7-17(23)21(20(13)24)31(28,29)16-5-3-14(4-6-16)11-26-22(27)18-10-15-8-9-25-12-19(15)30-18/h2-10,12H,11H2,1H3,(H,26,27). The Morgan fingerprint density at radius 3 is 2.61 bits per heavy atom. The van der Waals surface area contributed by atoms with Gasteiger partial charge in [0.1, 0.15) is 10.7 Å². The topological polar surface area (TPSA) is 76.1 Å². The van der Waals surface area contributed by atoms with Crippen LogP contribution in [0, 0.1) is 12.7 Å². The molecule has 0 saturated heterocycles. The molecule has 2 heterocycles. The molecule has 0 aliphatic heterocycles. The van der Waals surface area contributed by atoms with Gasteiger partial charge in [-0.15, -0.1) is 11.3 Å². The Balaban J connectivity index is 1.50. The van der Waals surface area contributed by atoms with Crippen LogP contribution in [0.5, 0.6) is 0 Å². The van der Waals surface area contributed by atoms with Gasteiger partial charge in [-0.1, -0.05) is 29.8 Å². The Hall–Kier alpha value is -2.81. The Morgan fingerprint density at radius 1 is 1.16 bits per heavy atom. The van der Waals surface area contributed by atoms with E-state index in [0.717, 1.165) is 10.1 Å². The molecule has 1 amide bonds. The fourth-order valence-electron chi connectivity index (χ4n) is 3.05. The van der Waals surface area contributed by atoms with Gasteiger partial charge in [-0.3, -0.25) is 9.78 Å². The first-order valence-corrected chi connectivity index (χ1v) is 11.9. The van der Waals surface area contributed by atoms with Crippen molar-refractivity contribution in [1.82, 2.24) is 10.3 Å². The number of thiophene rings is 1. The largest absolute Gasteiger partial charge is 0.347 e. The highest BCUT2D eigenvalue weighted by Crippen LogP contribution is 2.31. The monoisotopic (exact) mass is 474 g/mol. The summed E-state index contributed by atoms with van der Waals surface area (Å²) in [6.07, 6.45) is 3.38. The van der Waals surface area contributed by atoms with E-state index in [1.165, 1.54) is 42.5 Å². The second-order valence-electron chi connectivity index (χ2n) is 6.86. The molecule has 4 rings (SSSR count). The molecule has 2 aromatic heterocycles. The molecule has 0 aliphatic carbocycles. The summed E-state index contributed by atoms with van der Waals surface area (Å²) in [4.78, 5) is 16.4. The third-order valence-corrected chi connectivity index (χ3v) is 8.08. The zero-order chi connectivity index (χ0) is 22.2. The number of hydrogen-bond acceptors (Lipinski definition) is 5. The van der Waals surface area contributed by atoms with E-state index in [0.29, 0.717) is 10.4 Å². The smallest absolute Gasteiger partial charge is 0.261 e. The number of hydrogen-bond donors (Lipinski definition) is 1. The molecular weight excluding hydrogens is 459 g/mol. The van der Waals surface area contributed by atoms with Crippen molar-refractivity contribution in [2.75, 3.05) is 0 Å². The Morgan fingerprint density at radius 2 is 1.90 bits per heavy atom. The summed E-state index contributed by atoms with van der Waals surface area (Å²) in [6, 6.07) is 12.3. The number of benzene rings is 2. The Labute approximate surface area is 187 Å². The first-order chi connectivity index (χ1) is 14.8. The molecule has 1 N–H and O–H groups in total. The summed E-state index contributed by atoms with van der Waals surface area (Å²) in [5, 5.41) is 3.59. The van der Waals surface area contributed by atoms with E-state index in [-0.39, 0.29) is 27.9 Å². The van der Waals surface area contributed by atoms with Crippen molar-refractivity contribution in [3.63, 3.8) is 0 Å². The highest BCUT2D eigenvalue weighted by molar-refractivity contribution is 7.91. The van der Waals surface area contributed by atoms with Crippen molar-refractivity contribution in [2.45, 2.75) is 23.3 Å². The first kappa shape index (κ1) is 21.4. The zero-order valence-electron chi connectivity index (χ0n) is 16.2. The maximum atomic E-state index is 14.5. The summed E-state index contributed by atoms with van der Waals surface area (Å²) in [6.45, 7) is 1.69. The normalized spacial score (nSPS) is 11.6. The number of halogens is 2. The van der Waals surface area contributed by atoms with Gasteiger partial charge in [0.2, 0.25) is 9.84 Å². The molecule has 9 heteroatoms. The lowest BCUT2D eigenvalue weighted by molar-refractivity contribution is 0.0955. The third-order valence-electron chi connectivity index (χ3n) is 4.74. The minimum Gasteiger partial charge on any atom is -0.347 e. The van der Waals surface area contributed by atoms with Gasteiger partial charge in [-0.2, -0.15) is 0 Å². The SMILES string of the molecule is Cc1ccc(Cl)c(S(=O)(=O)c2ccc(CNC(=O)c3cc4ccncc4s3)cc2)c1F. The van der Waals surface area contributed by atoms with Gasteiger partial charge < -0.3 is 5.32 Å². The van der Waals surface area contributed by atoms with Gasteiger partial charge in [0.05, 0.1) is 19.5 Å². The molecule has 0 spiro atoms. The van der Waals surface area contributed by atoms with Gasteiger partial charge in [0, 0.05) is 18.9 Å². The quantitative estimate of drug-likeness (QED) is 0.433. The fourth-order valence-corrected chi connectivity index (χ4v) is 5.90. The number of nitrogens with zero attached hydrogens (tertiary/aromatic N) is 1. The van der Waals surface area contributed by atoms with Crippen LogP contribution in [0.25, 0.3) is 10.1 Å². The highest BCUT2D eigenvalue weighted by atomic mass is 35.5. The number of aryl methyl sites for hydroxylation is 1. The molecule has 5 nitrogen and oxygen atoms in total. The van der Waals surface area contributed by atoms with Crippen LogP contribution in [-0.4, -0.2) is 19.3 Å². The summed E-state index contributed by atoms with van der Waals surface area (Å²) < 4.78 is 41.1. The number of aromatic nitrogens is 1. The molecule has 0 bridgehead atoms. The molecule has 0 aliphatic rings. The van der Waals surface area contributed by atoms with Crippen LogP contribution in [-0.2, 0) is 16.4 Å². The molecule has 31 heavy (non-hydrogen) atoms. The Bertz CT molecular complexity index is 1370. The summed E-state index contributed by atoms with van der Waals surface area (Å²) >= 11 is 7.32. The highest BCUT2D eigenvalue weighted by Gasteiger charge is 2.26. The second-order valence-corrected chi connectivity index (χ2v) is 10.2. The number of sulfone groups is 1. The van der Waals surface area contributed by atoms with E-state index < -0.39 is 20.5 Å². The molecule has 0 atom stereocenters. The lowest BCUT2D eigenvalue weighted by Gasteiger charge is -2.10. The fraction of sp³-hybridized carbons (Fsp3) is 0.0909. The van der Waals surface area contributed by atoms with Crippen molar-refractivity contribution in [2.24, 2.45) is 0 Å². The average Bonchev–Trinajstić information content (AvgIpc) is 3.19. The van der Waals surface area contributed by atoms with E-state index >= 15 is 0 Å². The maximum Gasteiger partial charge on any atom is 0.261 e. The molecule has 0 unspecified atom stereocenters. The lowest BCUT2D eigenvalue weighted by atomic mass is 10.2. The van der Waals surface area contributed by atoms with Gasteiger partial charge >= 0.3 is 0 Å². The minimum atomic E-state index is -4.13. The number of carbonyl (C=O) groups is 1. The third kappa shape index (κ3) is 4.19. The molecule has 0 saturated carbocycles. The van der Waals surface area contributed by atoms with Crippen molar-refractivity contribution < 1.29 is 17.6 Å². The van der Waals surface area contributed by atoms with E-state index in [2.05, 4.69) is 10.3 Å². The van der Waals surface area contributed by atoms with Crippen LogP contribution >= 0.6 is 22.9 Å². The van der Waals surface area contributed by atoms with E-state index in [1.807, 2.05) is 6.07 Å². The molecule has 0 fully saturated rings. The first-order valence-electron chi connectivity index (χ1n) is 9.18. The van der Waals surface area contributed by atoms with Crippen LogP contribution < -0.4 is 5.32 Å². The van der Waals surface area contributed by atoms with Gasteiger partial charge in [0.25, 0.3) is 5.91 Å². The minimum absolute atomic E-state index is 0.0778. The number of nitrogens with one attached hydrogen (secondary N) is 1. The Kier molecular flexibility index (Phi) is 5.79. The van der Waals surface area contributed by atoms with Crippen molar-refractivity contribution in [3.05, 3.63) is 87.8 Å². The summed E-state index contributed by atoms with van der Waals surface area (Å²) in [5.74, 6) is -1.09. The predicted octanol–water partition coefficient (Wildman–Crippen LogP) is 5.16. The summed E-state index contributed by atoms with van der Waals surface area (Å²) in [5.41, 5.74) is 0.894. The molecule has 0 radical (unpaired) electrons. The van der Waals surface area contributed by atoms with Crippen molar-refractivity contribution in [3.8, 4) is 0 Å². The zero-order valence-corrected chi connectivity index (χ0v) is 18.6. The second kappa shape index (κ2) is 8.37. The lowest BCUT2D eigenvalue weighted by Crippen LogP contribution is -2.21. The molecule has 158 valence electrons. The van der Waals surface area contributed by atoms with Crippen LogP contribution in [0.3, 0.4) is 0 Å². The van der Waals surface area contributed by atoms with Gasteiger partial charge in [0.15, 0.2) is 0 Å². The van der Waals surface area contributed by atoms with Crippen LogP contribution in [0.4, 0.5) is 4.39 Å². The van der Waals surface area contributed by atoms with Crippen LogP contribution in [0.1, 0.15) is 20.8 Å². The predicted molar refractivity (Wildman–Crippen MR) is 119 cm³/mol. The number of fused-ring (bicyclic) bond motifs is 1. The number of amides is 1. The number of rotatable bonds is 5. The van der Waals surface area contributed by atoms with Crippen molar-refractivity contribution >= 4 is 48.8 Å². The average molecular weight is 475 g/mol. The van der Waals surface area contributed by atoms with E-state index in [1.54, 1.807) is 30.6 Å². The molecule has 4 aromatic rings. The van der Waals surface area contributed by atoms with E-state index in [9.17, 15) is 17.6 Å². The molecule has 2 aromatic carbocycles. The van der Waals surface area contributed by atoms with Crippen LogP contribution in [0.2, 0.25) is 5.02 Å². The number of pyridine rings is 1. The van der Waals surface area contributed by atoms with Crippen LogP contribution in [0.15, 0.2) is 70.7 Å². The van der Waals surface area contributed by atoms with Crippen molar-refractivity contribution in [1.29, 1.82) is 0 Å².